The maximum atomic E-state index is 12.6. The Labute approximate surface area is 180 Å². The van der Waals surface area contributed by atoms with Crippen molar-refractivity contribution in [2.75, 3.05) is 10.0 Å². The summed E-state index contributed by atoms with van der Waals surface area (Å²) in [6, 6.07) is 20.9. The van der Waals surface area contributed by atoms with Gasteiger partial charge in [-0.15, -0.1) is 0 Å². The van der Waals surface area contributed by atoms with Crippen LogP contribution < -0.4 is 10.0 Å². The van der Waals surface area contributed by atoms with Gasteiger partial charge in [-0.05, 0) is 67.1 Å². The van der Waals surface area contributed by atoms with Gasteiger partial charge in [0.15, 0.2) is 0 Å². The molecule has 1 aromatic heterocycles. The fourth-order valence-corrected chi connectivity index (χ4v) is 4.15. The lowest BCUT2D eigenvalue weighted by Gasteiger charge is -2.10. The Morgan fingerprint density at radius 3 is 2.13 bits per heavy atom. The Balaban J connectivity index is 1.49. The summed E-state index contributed by atoms with van der Waals surface area (Å²) in [7, 11) is -3.86. The van der Waals surface area contributed by atoms with Gasteiger partial charge in [0, 0.05) is 22.6 Å². The Morgan fingerprint density at radius 2 is 1.45 bits per heavy atom. The summed E-state index contributed by atoms with van der Waals surface area (Å²) in [4.78, 5) is 20.8. The molecule has 0 aliphatic rings. The van der Waals surface area contributed by atoms with E-state index in [-0.39, 0.29) is 16.8 Å². The van der Waals surface area contributed by atoms with Crippen LogP contribution in [0.25, 0.3) is 10.8 Å². The Bertz CT molecular complexity index is 1360. The second kappa shape index (κ2) is 8.16. The lowest BCUT2D eigenvalue weighted by Crippen LogP contribution is -2.16. The predicted octanol–water partition coefficient (Wildman–Crippen LogP) is 4.30. The van der Waals surface area contributed by atoms with Crippen molar-refractivity contribution in [3.05, 3.63) is 89.7 Å². The molecule has 1 heterocycles. The average molecular weight is 433 g/mol. The average Bonchev–Trinajstić information content (AvgIpc) is 2.72. The molecule has 7 nitrogen and oxygen atoms in total. The van der Waals surface area contributed by atoms with Gasteiger partial charge < -0.3 is 5.32 Å². The van der Waals surface area contributed by atoms with Crippen molar-refractivity contribution in [2.24, 2.45) is 0 Å². The number of nitrogens with one attached hydrogen (secondary N) is 2. The summed E-state index contributed by atoms with van der Waals surface area (Å²) < 4.78 is 27.6. The number of fused-ring (bicyclic) bond motifs is 1. The molecule has 0 atom stereocenters. The number of aryl methyl sites for hydroxylation is 2. The van der Waals surface area contributed by atoms with Crippen molar-refractivity contribution in [3.8, 4) is 0 Å². The fraction of sp³-hybridized carbons (Fsp3) is 0.0870. The fourth-order valence-electron chi connectivity index (χ4n) is 3.20. The van der Waals surface area contributed by atoms with Crippen LogP contribution in [0.5, 0.6) is 0 Å². The summed E-state index contributed by atoms with van der Waals surface area (Å²) in [5.74, 6) is -0.255. The van der Waals surface area contributed by atoms with Crippen molar-refractivity contribution >= 4 is 38.3 Å². The first-order chi connectivity index (χ1) is 14.8. The maximum Gasteiger partial charge on any atom is 0.264 e. The quantitative estimate of drug-likeness (QED) is 0.490. The highest BCUT2D eigenvalue weighted by Crippen LogP contribution is 2.19. The Hall–Kier alpha value is -3.78. The molecule has 0 saturated heterocycles. The van der Waals surface area contributed by atoms with Crippen LogP contribution in [0.3, 0.4) is 0 Å². The van der Waals surface area contributed by atoms with Crippen molar-refractivity contribution in [1.82, 2.24) is 9.97 Å². The minimum atomic E-state index is -3.86. The molecule has 8 heteroatoms. The third-order valence-corrected chi connectivity index (χ3v) is 5.99. The molecular weight excluding hydrogens is 412 g/mol. The number of sulfonamides is 1. The number of benzene rings is 3. The topological polar surface area (TPSA) is 101 Å². The number of anilines is 2. The zero-order valence-corrected chi connectivity index (χ0v) is 17.8. The van der Waals surface area contributed by atoms with E-state index in [0.29, 0.717) is 22.6 Å². The van der Waals surface area contributed by atoms with E-state index in [1.807, 2.05) is 36.4 Å². The van der Waals surface area contributed by atoms with Crippen molar-refractivity contribution in [1.29, 1.82) is 0 Å². The summed E-state index contributed by atoms with van der Waals surface area (Å²) in [5.41, 5.74) is 2.33. The minimum Gasteiger partial charge on any atom is -0.322 e. The number of hydrogen-bond donors (Lipinski definition) is 2. The lowest BCUT2D eigenvalue weighted by molar-refractivity contribution is 0.102. The first kappa shape index (κ1) is 20.5. The van der Waals surface area contributed by atoms with E-state index in [0.717, 1.165) is 10.8 Å². The van der Waals surface area contributed by atoms with E-state index in [1.165, 1.54) is 24.3 Å². The van der Waals surface area contributed by atoms with Gasteiger partial charge in [-0.1, -0.05) is 30.3 Å². The van der Waals surface area contributed by atoms with Crippen LogP contribution >= 0.6 is 0 Å². The van der Waals surface area contributed by atoms with Crippen LogP contribution in [0.1, 0.15) is 21.7 Å². The van der Waals surface area contributed by atoms with Gasteiger partial charge in [-0.25, -0.2) is 23.1 Å². The number of amides is 1. The van der Waals surface area contributed by atoms with Gasteiger partial charge in [-0.2, -0.15) is 0 Å². The second-order valence-corrected chi connectivity index (χ2v) is 8.80. The van der Waals surface area contributed by atoms with E-state index < -0.39 is 10.0 Å². The summed E-state index contributed by atoms with van der Waals surface area (Å²) in [6.45, 7) is 3.53. The van der Waals surface area contributed by atoms with Gasteiger partial charge in [0.1, 0.15) is 0 Å². The molecule has 0 fully saturated rings. The summed E-state index contributed by atoms with van der Waals surface area (Å²) >= 11 is 0. The smallest absolute Gasteiger partial charge is 0.264 e. The first-order valence-corrected chi connectivity index (χ1v) is 11.0. The number of carbonyl (C=O) groups excluding carboxylic acids is 1. The number of aromatic nitrogens is 2. The van der Waals surface area contributed by atoms with E-state index in [9.17, 15) is 13.2 Å². The van der Waals surface area contributed by atoms with Crippen LogP contribution in [-0.2, 0) is 10.0 Å². The first-order valence-electron chi connectivity index (χ1n) is 9.55. The molecule has 0 spiro atoms. The SMILES string of the molecule is Cc1cc(C)nc(NS(=O)(=O)c2ccc(NC(=O)c3ccc4ccccc4c3)cc2)n1. The van der Waals surface area contributed by atoms with E-state index in [1.54, 1.807) is 26.0 Å². The molecule has 1 amide bonds. The molecule has 0 radical (unpaired) electrons. The number of rotatable bonds is 5. The molecule has 0 unspecified atom stereocenters. The van der Waals surface area contributed by atoms with Gasteiger partial charge in [-0.3, -0.25) is 4.79 Å². The molecule has 2 N–H and O–H groups in total. The highest BCUT2D eigenvalue weighted by atomic mass is 32.2. The van der Waals surface area contributed by atoms with Gasteiger partial charge >= 0.3 is 0 Å². The van der Waals surface area contributed by atoms with Crippen molar-refractivity contribution in [3.63, 3.8) is 0 Å². The molecular formula is C23H20N4O3S. The molecule has 4 rings (SSSR count). The number of hydrogen-bond acceptors (Lipinski definition) is 5. The predicted molar refractivity (Wildman–Crippen MR) is 121 cm³/mol. The molecule has 0 aliphatic heterocycles. The normalized spacial score (nSPS) is 11.3. The Morgan fingerprint density at radius 1 is 0.806 bits per heavy atom. The molecule has 4 aromatic rings. The zero-order chi connectivity index (χ0) is 22.0. The number of nitrogens with zero attached hydrogens (tertiary/aromatic N) is 2. The number of carbonyl (C=O) groups is 1. The lowest BCUT2D eigenvalue weighted by atomic mass is 10.1. The van der Waals surface area contributed by atoms with Crippen LogP contribution in [-0.4, -0.2) is 24.3 Å². The van der Waals surface area contributed by atoms with Crippen LogP contribution in [0.15, 0.2) is 77.7 Å². The van der Waals surface area contributed by atoms with Crippen LogP contribution in [0, 0.1) is 13.8 Å². The third-order valence-electron chi connectivity index (χ3n) is 4.64. The molecule has 0 saturated carbocycles. The molecule has 3 aromatic carbocycles. The van der Waals surface area contributed by atoms with Crippen LogP contribution in [0.2, 0.25) is 0 Å². The van der Waals surface area contributed by atoms with Gasteiger partial charge in [0.2, 0.25) is 5.95 Å². The van der Waals surface area contributed by atoms with Crippen LogP contribution in [0.4, 0.5) is 11.6 Å². The largest absolute Gasteiger partial charge is 0.322 e. The van der Waals surface area contributed by atoms with E-state index in [4.69, 9.17) is 0 Å². The third kappa shape index (κ3) is 4.70. The summed E-state index contributed by atoms with van der Waals surface area (Å²) in [6.07, 6.45) is 0. The second-order valence-electron chi connectivity index (χ2n) is 7.12. The monoisotopic (exact) mass is 432 g/mol. The summed E-state index contributed by atoms with van der Waals surface area (Å²) in [5, 5.41) is 4.81. The standard InChI is InChI=1S/C23H20N4O3S/c1-15-13-16(2)25-23(24-15)27-31(29,30)21-11-9-20(10-12-21)26-22(28)19-8-7-17-5-3-4-6-18(17)14-19/h3-14H,1-2H3,(H,26,28)(H,24,25,27). The van der Waals surface area contributed by atoms with Gasteiger partial charge in [0.05, 0.1) is 4.90 Å². The van der Waals surface area contributed by atoms with Crippen molar-refractivity contribution in [2.45, 2.75) is 18.7 Å². The van der Waals surface area contributed by atoms with E-state index in [2.05, 4.69) is 20.0 Å². The molecule has 0 bridgehead atoms. The molecule has 0 aliphatic carbocycles. The van der Waals surface area contributed by atoms with Gasteiger partial charge in [0.25, 0.3) is 15.9 Å². The maximum absolute atomic E-state index is 12.6. The highest BCUT2D eigenvalue weighted by molar-refractivity contribution is 7.92. The minimum absolute atomic E-state index is 0.0196. The zero-order valence-electron chi connectivity index (χ0n) is 17.0. The molecule has 156 valence electrons. The molecule has 31 heavy (non-hydrogen) atoms. The highest BCUT2D eigenvalue weighted by Gasteiger charge is 2.16. The van der Waals surface area contributed by atoms with Crippen molar-refractivity contribution < 1.29 is 13.2 Å². The Kier molecular flexibility index (Phi) is 5.39. The van der Waals surface area contributed by atoms with E-state index >= 15 is 0 Å².